The van der Waals surface area contributed by atoms with Crippen LogP contribution < -0.4 is 5.73 Å². The standard InChI is InChI=1S/C17H23N3O/c1-12-11-20(8-9-21)19-17(12)16(13-4-2-5-13)14-6-3-7-15(18)10-14/h3,6-7,10-11,13,16,21H,2,4-5,8-9,18H2,1H3. The number of aromatic nitrogens is 2. The van der Waals surface area contributed by atoms with Gasteiger partial charge < -0.3 is 10.8 Å². The molecular formula is C17H23N3O. The van der Waals surface area contributed by atoms with Crippen LogP contribution in [0.25, 0.3) is 0 Å². The first-order valence-electron chi connectivity index (χ1n) is 7.69. The summed E-state index contributed by atoms with van der Waals surface area (Å²) in [6.45, 7) is 2.77. The van der Waals surface area contributed by atoms with E-state index in [1.807, 2.05) is 23.0 Å². The fourth-order valence-electron chi connectivity index (χ4n) is 3.24. The van der Waals surface area contributed by atoms with Gasteiger partial charge >= 0.3 is 0 Å². The van der Waals surface area contributed by atoms with Gasteiger partial charge in [0.25, 0.3) is 0 Å². The van der Waals surface area contributed by atoms with Crippen LogP contribution in [-0.2, 0) is 6.54 Å². The zero-order valence-corrected chi connectivity index (χ0v) is 12.5. The predicted molar refractivity (Wildman–Crippen MR) is 84.1 cm³/mol. The average molecular weight is 285 g/mol. The first-order valence-corrected chi connectivity index (χ1v) is 7.69. The molecule has 0 amide bonds. The number of hydrogen-bond donors (Lipinski definition) is 2. The lowest BCUT2D eigenvalue weighted by Crippen LogP contribution is -2.22. The first kappa shape index (κ1) is 14.1. The molecule has 3 rings (SSSR count). The van der Waals surface area contributed by atoms with Crippen molar-refractivity contribution in [1.82, 2.24) is 9.78 Å². The smallest absolute Gasteiger partial charge is 0.0731 e. The van der Waals surface area contributed by atoms with Gasteiger partial charge in [-0.05, 0) is 48.9 Å². The maximum absolute atomic E-state index is 9.10. The molecule has 1 aromatic heterocycles. The van der Waals surface area contributed by atoms with E-state index >= 15 is 0 Å². The van der Waals surface area contributed by atoms with Crippen molar-refractivity contribution < 1.29 is 5.11 Å². The summed E-state index contributed by atoms with van der Waals surface area (Å²) < 4.78 is 1.85. The zero-order chi connectivity index (χ0) is 14.8. The Morgan fingerprint density at radius 2 is 2.24 bits per heavy atom. The molecule has 112 valence electrons. The molecule has 0 aliphatic heterocycles. The summed E-state index contributed by atoms with van der Waals surface area (Å²) in [5, 5.41) is 13.8. The Morgan fingerprint density at radius 3 is 2.86 bits per heavy atom. The number of benzene rings is 1. The largest absolute Gasteiger partial charge is 0.399 e. The monoisotopic (exact) mass is 285 g/mol. The highest BCUT2D eigenvalue weighted by molar-refractivity contribution is 5.45. The third kappa shape index (κ3) is 2.81. The highest BCUT2D eigenvalue weighted by Gasteiger charge is 2.32. The Balaban J connectivity index is 1.99. The lowest BCUT2D eigenvalue weighted by Gasteiger charge is -2.33. The molecule has 1 aliphatic rings. The lowest BCUT2D eigenvalue weighted by molar-refractivity contribution is 0.264. The van der Waals surface area contributed by atoms with Gasteiger partial charge in [0.1, 0.15) is 0 Å². The van der Waals surface area contributed by atoms with Gasteiger partial charge in [0.15, 0.2) is 0 Å². The van der Waals surface area contributed by atoms with Crippen molar-refractivity contribution in [1.29, 1.82) is 0 Å². The Morgan fingerprint density at radius 1 is 1.43 bits per heavy atom. The Kier molecular flexibility index (Phi) is 3.97. The molecule has 0 saturated heterocycles. The van der Waals surface area contributed by atoms with Crippen LogP contribution in [-0.4, -0.2) is 21.5 Å². The van der Waals surface area contributed by atoms with Crippen LogP contribution >= 0.6 is 0 Å². The topological polar surface area (TPSA) is 64.1 Å². The number of rotatable bonds is 5. The van der Waals surface area contributed by atoms with Gasteiger partial charge in [0.2, 0.25) is 0 Å². The van der Waals surface area contributed by atoms with Crippen molar-refractivity contribution in [3.8, 4) is 0 Å². The summed E-state index contributed by atoms with van der Waals surface area (Å²) in [4.78, 5) is 0. The van der Waals surface area contributed by atoms with E-state index in [0.717, 1.165) is 11.4 Å². The van der Waals surface area contributed by atoms with Gasteiger partial charge in [-0.1, -0.05) is 18.6 Å². The van der Waals surface area contributed by atoms with Crippen LogP contribution in [0.3, 0.4) is 0 Å². The first-order chi connectivity index (χ1) is 10.2. The Bertz CT molecular complexity index is 616. The number of nitrogen functional groups attached to an aromatic ring is 1. The molecule has 1 aromatic carbocycles. The van der Waals surface area contributed by atoms with Gasteiger partial charge in [-0.25, -0.2) is 0 Å². The second-order valence-electron chi connectivity index (χ2n) is 6.02. The van der Waals surface area contributed by atoms with Crippen molar-refractivity contribution in [3.05, 3.63) is 47.3 Å². The molecule has 1 atom stereocenters. The molecule has 4 heteroatoms. The normalized spacial score (nSPS) is 16.7. The highest BCUT2D eigenvalue weighted by atomic mass is 16.3. The third-order valence-electron chi connectivity index (χ3n) is 4.50. The number of aryl methyl sites for hydroxylation is 1. The van der Waals surface area contributed by atoms with E-state index in [1.165, 1.54) is 30.4 Å². The molecule has 1 unspecified atom stereocenters. The molecule has 3 N–H and O–H groups in total. The highest BCUT2D eigenvalue weighted by Crippen LogP contribution is 2.43. The number of nitrogens with two attached hydrogens (primary N) is 1. The van der Waals surface area contributed by atoms with E-state index in [-0.39, 0.29) is 6.61 Å². The minimum Gasteiger partial charge on any atom is -0.399 e. The van der Waals surface area contributed by atoms with E-state index in [1.54, 1.807) is 0 Å². The van der Waals surface area contributed by atoms with Crippen LogP contribution in [0.2, 0.25) is 0 Å². The predicted octanol–water partition coefficient (Wildman–Crippen LogP) is 2.70. The van der Waals surface area contributed by atoms with Gasteiger partial charge in [-0.3, -0.25) is 4.68 Å². The molecule has 4 nitrogen and oxygen atoms in total. The fraction of sp³-hybridized carbons (Fsp3) is 0.471. The molecule has 21 heavy (non-hydrogen) atoms. The number of hydrogen-bond acceptors (Lipinski definition) is 3. The van der Waals surface area contributed by atoms with E-state index in [0.29, 0.717) is 18.4 Å². The summed E-state index contributed by atoms with van der Waals surface area (Å²) >= 11 is 0. The SMILES string of the molecule is Cc1cn(CCO)nc1C(c1cccc(N)c1)C1CCC1. The summed E-state index contributed by atoms with van der Waals surface area (Å²) in [7, 11) is 0. The molecule has 1 fully saturated rings. The van der Waals surface area contributed by atoms with Crippen LogP contribution in [0.4, 0.5) is 5.69 Å². The van der Waals surface area contributed by atoms with Crippen molar-refractivity contribution in [2.75, 3.05) is 12.3 Å². The van der Waals surface area contributed by atoms with Crippen molar-refractivity contribution >= 4 is 5.69 Å². The molecule has 1 heterocycles. The minimum atomic E-state index is 0.118. The summed E-state index contributed by atoms with van der Waals surface area (Å²) in [6.07, 6.45) is 5.85. The summed E-state index contributed by atoms with van der Waals surface area (Å²) in [5.41, 5.74) is 10.4. The minimum absolute atomic E-state index is 0.118. The van der Waals surface area contributed by atoms with E-state index in [4.69, 9.17) is 15.9 Å². The van der Waals surface area contributed by atoms with Crippen LogP contribution in [0.15, 0.2) is 30.5 Å². The summed E-state index contributed by atoms with van der Waals surface area (Å²) in [6, 6.07) is 8.19. The van der Waals surface area contributed by atoms with Crippen LogP contribution in [0.1, 0.15) is 42.0 Å². The molecule has 1 aliphatic carbocycles. The molecule has 0 bridgehead atoms. The van der Waals surface area contributed by atoms with Gasteiger partial charge in [0.05, 0.1) is 18.8 Å². The molecular weight excluding hydrogens is 262 g/mol. The van der Waals surface area contributed by atoms with Gasteiger partial charge in [0, 0.05) is 17.8 Å². The number of nitrogens with zero attached hydrogens (tertiary/aromatic N) is 2. The van der Waals surface area contributed by atoms with Crippen molar-refractivity contribution in [3.63, 3.8) is 0 Å². The maximum Gasteiger partial charge on any atom is 0.0731 e. The molecule has 0 radical (unpaired) electrons. The quantitative estimate of drug-likeness (QED) is 0.830. The van der Waals surface area contributed by atoms with Crippen molar-refractivity contribution in [2.24, 2.45) is 5.92 Å². The lowest BCUT2D eigenvalue weighted by atomic mass is 9.71. The van der Waals surface area contributed by atoms with Crippen LogP contribution in [0.5, 0.6) is 0 Å². The second kappa shape index (κ2) is 5.90. The third-order valence-corrected chi connectivity index (χ3v) is 4.50. The fourth-order valence-corrected chi connectivity index (χ4v) is 3.24. The van der Waals surface area contributed by atoms with Gasteiger partial charge in [-0.2, -0.15) is 5.10 Å². The molecule has 2 aromatic rings. The molecule has 0 spiro atoms. The number of aliphatic hydroxyl groups excluding tert-OH is 1. The van der Waals surface area contributed by atoms with Crippen LogP contribution in [0, 0.1) is 12.8 Å². The van der Waals surface area contributed by atoms with E-state index < -0.39 is 0 Å². The second-order valence-corrected chi connectivity index (χ2v) is 6.02. The zero-order valence-electron chi connectivity index (χ0n) is 12.5. The van der Waals surface area contributed by atoms with Crippen molar-refractivity contribution in [2.45, 2.75) is 38.6 Å². The maximum atomic E-state index is 9.10. The van der Waals surface area contributed by atoms with E-state index in [2.05, 4.69) is 19.1 Å². The average Bonchev–Trinajstić information content (AvgIpc) is 2.75. The van der Waals surface area contributed by atoms with Gasteiger partial charge in [-0.15, -0.1) is 0 Å². The number of anilines is 1. The number of aliphatic hydroxyl groups is 1. The Labute approximate surface area is 125 Å². The molecule has 1 saturated carbocycles. The summed E-state index contributed by atoms with van der Waals surface area (Å²) in [5.74, 6) is 0.977. The Hall–Kier alpha value is -1.81. The van der Waals surface area contributed by atoms with E-state index in [9.17, 15) is 0 Å².